The standard InChI is InChI=1S/C24H22N4O3S/c1-31-11-10-28-22(20-7-4-12-32-20)21(17-5-2-3-6-18(17)24(28)30)23(29)26-16-8-9-19-15(13-16)14-25-27-19/h2-9,12-14,21-22H,10-11H2,1H3,(H,25,27)(H,26,29). The van der Waals surface area contributed by atoms with Crippen molar-refractivity contribution in [1.29, 1.82) is 0 Å². The number of thiophene rings is 1. The summed E-state index contributed by atoms with van der Waals surface area (Å²) in [6.07, 6.45) is 1.72. The molecule has 0 bridgehead atoms. The van der Waals surface area contributed by atoms with E-state index in [1.165, 1.54) is 0 Å². The number of methoxy groups -OCH3 is 1. The topological polar surface area (TPSA) is 87.3 Å². The van der Waals surface area contributed by atoms with Gasteiger partial charge in [-0.3, -0.25) is 14.7 Å². The molecule has 5 rings (SSSR count). The number of anilines is 1. The van der Waals surface area contributed by atoms with Crippen molar-refractivity contribution in [2.45, 2.75) is 12.0 Å². The molecule has 2 aromatic heterocycles. The molecule has 0 spiro atoms. The van der Waals surface area contributed by atoms with Gasteiger partial charge in [0.15, 0.2) is 0 Å². The maximum absolute atomic E-state index is 13.7. The first-order valence-electron chi connectivity index (χ1n) is 10.3. The molecule has 0 radical (unpaired) electrons. The highest BCUT2D eigenvalue weighted by Crippen LogP contribution is 2.44. The Hall–Kier alpha value is -3.49. The van der Waals surface area contributed by atoms with Crippen molar-refractivity contribution in [1.82, 2.24) is 15.1 Å². The third kappa shape index (κ3) is 3.57. The Labute approximate surface area is 189 Å². The highest BCUT2D eigenvalue weighted by molar-refractivity contribution is 7.10. The smallest absolute Gasteiger partial charge is 0.254 e. The summed E-state index contributed by atoms with van der Waals surface area (Å²) in [6.45, 7) is 0.790. The highest BCUT2D eigenvalue weighted by Gasteiger charge is 2.44. The second kappa shape index (κ2) is 8.57. The quantitative estimate of drug-likeness (QED) is 0.465. The number of ether oxygens (including phenoxy) is 1. The number of hydrogen-bond donors (Lipinski definition) is 2. The molecule has 2 amide bonds. The summed E-state index contributed by atoms with van der Waals surface area (Å²) in [6, 6.07) is 16.5. The van der Waals surface area contributed by atoms with E-state index in [0.717, 1.165) is 21.3 Å². The number of hydrogen-bond acceptors (Lipinski definition) is 5. The molecule has 2 atom stereocenters. The van der Waals surface area contributed by atoms with Crippen LogP contribution in [0.1, 0.15) is 32.8 Å². The molecule has 32 heavy (non-hydrogen) atoms. The van der Waals surface area contributed by atoms with E-state index >= 15 is 0 Å². The van der Waals surface area contributed by atoms with Gasteiger partial charge in [-0.15, -0.1) is 11.3 Å². The Morgan fingerprint density at radius 3 is 2.91 bits per heavy atom. The number of benzene rings is 2. The lowest BCUT2D eigenvalue weighted by Crippen LogP contribution is -2.47. The SMILES string of the molecule is COCCN1C(=O)c2ccccc2C(C(=O)Nc2ccc3[nH]ncc3c2)C1c1cccs1. The van der Waals surface area contributed by atoms with Gasteiger partial charge in [-0.25, -0.2) is 0 Å². The van der Waals surface area contributed by atoms with Gasteiger partial charge in [-0.05, 0) is 41.3 Å². The van der Waals surface area contributed by atoms with Crippen LogP contribution in [0.5, 0.6) is 0 Å². The number of nitrogens with zero attached hydrogens (tertiary/aromatic N) is 2. The number of fused-ring (bicyclic) bond motifs is 2. The van der Waals surface area contributed by atoms with Gasteiger partial charge in [0, 0.05) is 35.2 Å². The summed E-state index contributed by atoms with van der Waals surface area (Å²) in [5.74, 6) is -0.798. The minimum atomic E-state index is -0.556. The van der Waals surface area contributed by atoms with E-state index in [4.69, 9.17) is 4.74 Å². The summed E-state index contributed by atoms with van der Waals surface area (Å²) in [4.78, 5) is 29.9. The van der Waals surface area contributed by atoms with Crippen LogP contribution in [0.15, 0.2) is 66.2 Å². The Kier molecular flexibility index (Phi) is 5.46. The predicted octanol–water partition coefficient (Wildman–Crippen LogP) is 4.19. The fourth-order valence-corrected chi connectivity index (χ4v) is 5.20. The van der Waals surface area contributed by atoms with Crippen LogP contribution in [0.25, 0.3) is 10.9 Å². The number of carbonyl (C=O) groups is 2. The lowest BCUT2D eigenvalue weighted by Gasteiger charge is -2.41. The third-order valence-electron chi connectivity index (χ3n) is 5.80. The van der Waals surface area contributed by atoms with Crippen molar-refractivity contribution in [2.24, 2.45) is 0 Å². The van der Waals surface area contributed by atoms with Crippen LogP contribution in [0.2, 0.25) is 0 Å². The Morgan fingerprint density at radius 1 is 1.22 bits per heavy atom. The highest BCUT2D eigenvalue weighted by atomic mass is 32.1. The molecule has 1 aliphatic rings. The van der Waals surface area contributed by atoms with Crippen molar-refractivity contribution in [3.05, 3.63) is 82.2 Å². The number of rotatable bonds is 6. The van der Waals surface area contributed by atoms with Crippen LogP contribution in [-0.4, -0.2) is 47.2 Å². The van der Waals surface area contributed by atoms with Crippen LogP contribution < -0.4 is 5.32 Å². The maximum Gasteiger partial charge on any atom is 0.254 e. The first kappa shape index (κ1) is 20.4. The third-order valence-corrected chi connectivity index (χ3v) is 6.74. The zero-order chi connectivity index (χ0) is 22.1. The second-order valence-corrected chi connectivity index (χ2v) is 8.66. The van der Waals surface area contributed by atoms with E-state index in [2.05, 4.69) is 15.5 Å². The molecular formula is C24H22N4O3S. The number of nitrogens with one attached hydrogen (secondary N) is 2. The first-order chi connectivity index (χ1) is 15.7. The Morgan fingerprint density at radius 2 is 2.09 bits per heavy atom. The predicted molar refractivity (Wildman–Crippen MR) is 124 cm³/mol. The molecule has 0 aliphatic carbocycles. The number of amides is 2. The molecule has 0 fully saturated rings. The van der Waals surface area contributed by atoms with Gasteiger partial charge in [-0.1, -0.05) is 24.3 Å². The summed E-state index contributed by atoms with van der Waals surface area (Å²) in [7, 11) is 1.61. The first-order valence-corrected chi connectivity index (χ1v) is 11.2. The van der Waals surface area contributed by atoms with Crippen LogP contribution in [0.4, 0.5) is 5.69 Å². The minimum absolute atomic E-state index is 0.0834. The van der Waals surface area contributed by atoms with E-state index in [1.807, 2.05) is 53.9 Å². The summed E-state index contributed by atoms with van der Waals surface area (Å²) in [5, 5.41) is 12.9. The summed E-state index contributed by atoms with van der Waals surface area (Å²) < 4.78 is 5.27. The van der Waals surface area contributed by atoms with E-state index in [-0.39, 0.29) is 11.8 Å². The summed E-state index contributed by atoms with van der Waals surface area (Å²) >= 11 is 1.55. The molecule has 4 aromatic rings. The van der Waals surface area contributed by atoms with Gasteiger partial charge in [0.1, 0.15) is 0 Å². The van der Waals surface area contributed by atoms with Gasteiger partial charge >= 0.3 is 0 Å². The van der Waals surface area contributed by atoms with Gasteiger partial charge in [0.25, 0.3) is 5.91 Å². The molecule has 1 aliphatic heterocycles. The van der Waals surface area contributed by atoms with E-state index in [1.54, 1.807) is 35.6 Å². The average Bonchev–Trinajstić information content (AvgIpc) is 3.50. The van der Waals surface area contributed by atoms with Gasteiger partial charge in [0.05, 0.1) is 30.3 Å². The normalized spacial score (nSPS) is 18.0. The molecule has 162 valence electrons. The molecule has 2 unspecified atom stereocenters. The molecule has 3 heterocycles. The Bertz CT molecular complexity index is 1270. The zero-order valence-corrected chi connectivity index (χ0v) is 18.3. The lowest BCUT2D eigenvalue weighted by atomic mass is 9.81. The second-order valence-electron chi connectivity index (χ2n) is 7.68. The van der Waals surface area contributed by atoms with Gasteiger partial charge in [0.2, 0.25) is 5.91 Å². The van der Waals surface area contributed by atoms with Crippen molar-refractivity contribution in [3.8, 4) is 0 Å². The molecule has 7 nitrogen and oxygen atoms in total. The zero-order valence-electron chi connectivity index (χ0n) is 17.4. The fraction of sp³-hybridized carbons (Fsp3) is 0.208. The number of aromatic amines is 1. The van der Waals surface area contributed by atoms with Gasteiger partial charge in [-0.2, -0.15) is 5.10 Å². The lowest BCUT2D eigenvalue weighted by molar-refractivity contribution is -0.119. The van der Waals surface area contributed by atoms with E-state index in [0.29, 0.717) is 24.4 Å². The average molecular weight is 447 g/mol. The number of H-pyrrole nitrogens is 1. The minimum Gasteiger partial charge on any atom is -0.383 e. The Balaban J connectivity index is 1.58. The number of carbonyl (C=O) groups excluding carboxylic acids is 2. The van der Waals surface area contributed by atoms with Crippen LogP contribution >= 0.6 is 11.3 Å². The van der Waals surface area contributed by atoms with Crippen molar-refractivity contribution >= 4 is 39.7 Å². The molecule has 2 N–H and O–H groups in total. The van der Waals surface area contributed by atoms with Gasteiger partial charge < -0.3 is 15.0 Å². The summed E-state index contributed by atoms with van der Waals surface area (Å²) in [5.41, 5.74) is 2.89. The van der Waals surface area contributed by atoms with Crippen LogP contribution in [0, 0.1) is 0 Å². The number of aromatic nitrogens is 2. The monoisotopic (exact) mass is 446 g/mol. The molecule has 0 saturated carbocycles. The largest absolute Gasteiger partial charge is 0.383 e. The van der Waals surface area contributed by atoms with Crippen LogP contribution in [0.3, 0.4) is 0 Å². The molecule has 2 aromatic carbocycles. The van der Waals surface area contributed by atoms with Crippen molar-refractivity contribution in [3.63, 3.8) is 0 Å². The van der Waals surface area contributed by atoms with E-state index in [9.17, 15) is 9.59 Å². The van der Waals surface area contributed by atoms with E-state index < -0.39 is 12.0 Å². The maximum atomic E-state index is 13.7. The van der Waals surface area contributed by atoms with Crippen LogP contribution in [-0.2, 0) is 9.53 Å². The molecule has 8 heteroatoms. The molecular weight excluding hydrogens is 424 g/mol. The molecule has 0 saturated heterocycles. The fourth-order valence-electron chi connectivity index (χ4n) is 4.33. The van der Waals surface area contributed by atoms with Crippen molar-refractivity contribution < 1.29 is 14.3 Å². The van der Waals surface area contributed by atoms with Crippen molar-refractivity contribution in [2.75, 3.05) is 25.6 Å².